The number of primary sulfonamides is 1. The molecular formula is C19H14Cl3N3O4S. The predicted molar refractivity (Wildman–Crippen MR) is 116 cm³/mol. The highest BCUT2D eigenvalue weighted by molar-refractivity contribution is 7.89. The molecule has 3 aromatic rings. The minimum atomic E-state index is -4.33. The number of benzene rings is 2. The van der Waals surface area contributed by atoms with Crippen LogP contribution in [0, 0.1) is 0 Å². The highest BCUT2D eigenvalue weighted by Crippen LogP contribution is 2.33. The lowest BCUT2D eigenvalue weighted by Gasteiger charge is -2.18. The number of amides is 1. The van der Waals surface area contributed by atoms with Gasteiger partial charge in [0.15, 0.2) is 0 Å². The average molecular weight is 487 g/mol. The van der Waals surface area contributed by atoms with E-state index in [1.807, 2.05) is 0 Å². The van der Waals surface area contributed by atoms with Crippen molar-refractivity contribution in [2.45, 2.75) is 10.8 Å². The number of aromatic nitrogens is 1. The van der Waals surface area contributed by atoms with Gasteiger partial charge in [-0.2, -0.15) is 0 Å². The zero-order valence-electron chi connectivity index (χ0n) is 15.1. The van der Waals surface area contributed by atoms with Gasteiger partial charge in [0.2, 0.25) is 15.9 Å². The lowest BCUT2D eigenvalue weighted by atomic mass is 9.90. The van der Waals surface area contributed by atoms with Crippen molar-refractivity contribution in [1.82, 2.24) is 4.57 Å². The van der Waals surface area contributed by atoms with Gasteiger partial charge in [0, 0.05) is 11.2 Å². The summed E-state index contributed by atoms with van der Waals surface area (Å²) in [6, 6.07) is 11.7. The molecule has 7 nitrogen and oxygen atoms in total. The van der Waals surface area contributed by atoms with Crippen LogP contribution in [0.3, 0.4) is 0 Å². The SMILES string of the molecule is NC(=O)C(c1ccc(-n2cc(Cl)cc(Cl)c2=O)c(S(N)(=O)=O)c1)c1ccccc1Cl. The van der Waals surface area contributed by atoms with Crippen LogP contribution in [0.1, 0.15) is 17.0 Å². The first-order valence-corrected chi connectivity index (χ1v) is 11.0. The van der Waals surface area contributed by atoms with E-state index in [9.17, 15) is 18.0 Å². The van der Waals surface area contributed by atoms with Crippen LogP contribution >= 0.6 is 34.8 Å². The van der Waals surface area contributed by atoms with Gasteiger partial charge < -0.3 is 5.73 Å². The number of nitrogens with two attached hydrogens (primary N) is 2. The maximum absolute atomic E-state index is 12.4. The Balaban J connectivity index is 2.30. The van der Waals surface area contributed by atoms with E-state index in [0.717, 1.165) is 4.57 Å². The number of pyridine rings is 1. The first-order chi connectivity index (χ1) is 14.0. The van der Waals surface area contributed by atoms with Gasteiger partial charge in [0.25, 0.3) is 5.56 Å². The fraction of sp³-hybridized carbons (Fsp3) is 0.0526. The molecule has 30 heavy (non-hydrogen) atoms. The Morgan fingerprint density at radius 3 is 2.27 bits per heavy atom. The maximum atomic E-state index is 12.4. The van der Waals surface area contributed by atoms with Gasteiger partial charge in [-0.15, -0.1) is 0 Å². The number of carbonyl (C=O) groups is 1. The largest absolute Gasteiger partial charge is 0.369 e. The Bertz CT molecular complexity index is 1320. The second-order valence-corrected chi connectivity index (χ2v) is 9.09. The van der Waals surface area contributed by atoms with Crippen molar-refractivity contribution in [2.75, 3.05) is 0 Å². The molecule has 2 aromatic carbocycles. The van der Waals surface area contributed by atoms with Gasteiger partial charge in [-0.25, -0.2) is 13.6 Å². The Hall–Kier alpha value is -2.36. The topological polar surface area (TPSA) is 125 Å². The fourth-order valence-electron chi connectivity index (χ4n) is 3.04. The van der Waals surface area contributed by atoms with Gasteiger partial charge in [-0.05, 0) is 35.4 Å². The molecule has 0 aliphatic carbocycles. The fourth-order valence-corrected chi connectivity index (χ4v) is 4.51. The zero-order chi connectivity index (χ0) is 22.2. The van der Waals surface area contributed by atoms with Crippen LogP contribution in [0.25, 0.3) is 5.69 Å². The first kappa shape index (κ1) is 22.3. The van der Waals surface area contributed by atoms with E-state index in [1.165, 1.54) is 30.5 Å². The molecule has 0 bridgehead atoms. The molecular weight excluding hydrogens is 473 g/mol. The summed E-state index contributed by atoms with van der Waals surface area (Å²) in [6.07, 6.45) is 1.21. The molecule has 156 valence electrons. The van der Waals surface area contributed by atoms with Crippen molar-refractivity contribution in [3.05, 3.63) is 91.3 Å². The molecule has 0 aliphatic rings. The van der Waals surface area contributed by atoms with Gasteiger partial charge in [-0.1, -0.05) is 59.1 Å². The van der Waals surface area contributed by atoms with Crippen molar-refractivity contribution in [1.29, 1.82) is 0 Å². The highest BCUT2D eigenvalue weighted by atomic mass is 35.5. The lowest BCUT2D eigenvalue weighted by Crippen LogP contribution is -2.25. The molecule has 4 N–H and O–H groups in total. The molecule has 0 saturated carbocycles. The van der Waals surface area contributed by atoms with Gasteiger partial charge >= 0.3 is 0 Å². The Morgan fingerprint density at radius 1 is 1.00 bits per heavy atom. The van der Waals surface area contributed by atoms with Crippen molar-refractivity contribution < 1.29 is 13.2 Å². The molecule has 1 atom stereocenters. The number of nitrogens with zero attached hydrogens (tertiary/aromatic N) is 1. The molecule has 1 amide bonds. The number of sulfonamides is 1. The Labute approximate surface area is 186 Å². The first-order valence-electron chi connectivity index (χ1n) is 8.29. The third kappa shape index (κ3) is 4.38. The molecule has 1 heterocycles. The molecule has 1 unspecified atom stereocenters. The molecule has 0 aliphatic heterocycles. The number of hydrogen-bond acceptors (Lipinski definition) is 4. The monoisotopic (exact) mass is 485 g/mol. The standard InChI is InChI=1S/C19H14Cl3N3O4S/c20-11-8-14(22)19(27)25(9-11)15-6-5-10(7-16(15)30(24,28)29)17(18(23)26)12-3-1-2-4-13(12)21/h1-9,17H,(H2,23,26)(H2,24,28,29). The van der Waals surface area contributed by atoms with E-state index < -0.39 is 32.3 Å². The maximum Gasteiger partial charge on any atom is 0.273 e. The molecule has 0 radical (unpaired) electrons. The van der Waals surface area contributed by atoms with Crippen molar-refractivity contribution in [3.63, 3.8) is 0 Å². The summed E-state index contributed by atoms with van der Waals surface area (Å²) in [5.74, 6) is -1.80. The number of halogens is 3. The van der Waals surface area contributed by atoms with Crippen LogP contribution in [0.4, 0.5) is 0 Å². The summed E-state index contributed by atoms with van der Waals surface area (Å²) in [7, 11) is -4.33. The molecule has 3 rings (SSSR count). The second kappa shape index (κ2) is 8.41. The highest BCUT2D eigenvalue weighted by Gasteiger charge is 2.26. The molecule has 1 aromatic heterocycles. The minimum Gasteiger partial charge on any atom is -0.369 e. The van der Waals surface area contributed by atoms with Crippen LogP contribution in [0.2, 0.25) is 15.1 Å². The van der Waals surface area contributed by atoms with E-state index in [1.54, 1.807) is 24.3 Å². The quantitative estimate of drug-likeness (QED) is 0.575. The van der Waals surface area contributed by atoms with Crippen LogP contribution in [0.5, 0.6) is 0 Å². The van der Waals surface area contributed by atoms with Crippen molar-refractivity contribution >= 4 is 50.7 Å². The van der Waals surface area contributed by atoms with E-state index in [4.69, 9.17) is 45.7 Å². The second-order valence-electron chi connectivity index (χ2n) is 6.31. The lowest BCUT2D eigenvalue weighted by molar-refractivity contribution is -0.118. The average Bonchev–Trinajstić information content (AvgIpc) is 2.65. The summed E-state index contributed by atoms with van der Waals surface area (Å²) in [5.41, 5.74) is 5.41. The van der Waals surface area contributed by atoms with Crippen LogP contribution < -0.4 is 16.4 Å². The van der Waals surface area contributed by atoms with E-state index in [0.29, 0.717) is 5.56 Å². The van der Waals surface area contributed by atoms with Gasteiger partial charge in [0.05, 0.1) is 16.6 Å². The van der Waals surface area contributed by atoms with E-state index in [2.05, 4.69) is 0 Å². The summed E-state index contributed by atoms with van der Waals surface area (Å²) >= 11 is 18.0. The number of rotatable bonds is 5. The Morgan fingerprint density at radius 2 is 1.67 bits per heavy atom. The van der Waals surface area contributed by atoms with E-state index >= 15 is 0 Å². The third-order valence-electron chi connectivity index (χ3n) is 4.32. The molecule has 0 spiro atoms. The summed E-state index contributed by atoms with van der Waals surface area (Å²) < 4.78 is 25.6. The third-order valence-corrected chi connectivity index (χ3v) is 6.09. The van der Waals surface area contributed by atoms with Crippen LogP contribution in [-0.4, -0.2) is 18.9 Å². The van der Waals surface area contributed by atoms with Crippen molar-refractivity contribution in [3.8, 4) is 5.69 Å². The molecule has 11 heteroatoms. The zero-order valence-corrected chi connectivity index (χ0v) is 18.1. The van der Waals surface area contributed by atoms with E-state index in [-0.39, 0.29) is 26.3 Å². The van der Waals surface area contributed by atoms with Gasteiger partial charge in [0.1, 0.15) is 9.92 Å². The number of hydrogen-bond donors (Lipinski definition) is 2. The van der Waals surface area contributed by atoms with Crippen LogP contribution in [-0.2, 0) is 14.8 Å². The predicted octanol–water partition coefficient (Wildman–Crippen LogP) is 3.06. The Kier molecular flexibility index (Phi) is 6.26. The van der Waals surface area contributed by atoms with Gasteiger partial charge in [-0.3, -0.25) is 14.2 Å². The molecule has 0 saturated heterocycles. The summed E-state index contributed by atoms with van der Waals surface area (Å²) in [5, 5.41) is 5.56. The molecule has 0 fully saturated rings. The van der Waals surface area contributed by atoms with Crippen LogP contribution in [0.15, 0.2) is 64.4 Å². The normalized spacial score (nSPS) is 12.5. The van der Waals surface area contributed by atoms with Crippen molar-refractivity contribution in [2.24, 2.45) is 10.9 Å². The number of primary amides is 1. The minimum absolute atomic E-state index is 0.0852. The summed E-state index contributed by atoms with van der Waals surface area (Å²) in [6.45, 7) is 0. The summed E-state index contributed by atoms with van der Waals surface area (Å²) in [4.78, 5) is 24.2. The smallest absolute Gasteiger partial charge is 0.273 e. The number of carbonyl (C=O) groups excluding carboxylic acids is 1.